The van der Waals surface area contributed by atoms with Gasteiger partial charge in [-0.3, -0.25) is 0 Å². The first-order chi connectivity index (χ1) is 10.5. The highest BCUT2D eigenvalue weighted by Gasteiger charge is 2.42. The van der Waals surface area contributed by atoms with Gasteiger partial charge in [-0.05, 0) is 46.5 Å². The standard InChI is InChI=1S/C16H29F3N2O2/c1-5-12(21-14(22)23-15(2,3)4)10-20-13-8-6-7-11(9-13)16(17,18)19/h11-13,20H,5-10H2,1-4H3,(H,21,22). The average molecular weight is 338 g/mol. The van der Waals surface area contributed by atoms with Crippen LogP contribution in [-0.4, -0.2) is 36.5 Å². The summed E-state index contributed by atoms with van der Waals surface area (Å²) in [6, 6.07) is -0.305. The lowest BCUT2D eigenvalue weighted by atomic mass is 9.85. The van der Waals surface area contributed by atoms with Crippen LogP contribution in [0.25, 0.3) is 0 Å². The highest BCUT2D eigenvalue weighted by atomic mass is 19.4. The minimum Gasteiger partial charge on any atom is -0.444 e. The smallest absolute Gasteiger partial charge is 0.407 e. The molecule has 136 valence electrons. The largest absolute Gasteiger partial charge is 0.444 e. The summed E-state index contributed by atoms with van der Waals surface area (Å²) in [5, 5.41) is 5.93. The lowest BCUT2D eigenvalue weighted by Crippen LogP contribution is -2.47. The molecule has 4 nitrogen and oxygen atoms in total. The number of hydrogen-bond acceptors (Lipinski definition) is 3. The van der Waals surface area contributed by atoms with Gasteiger partial charge in [-0.1, -0.05) is 13.3 Å². The number of alkyl carbamates (subject to hydrolysis) is 1. The van der Waals surface area contributed by atoms with E-state index in [9.17, 15) is 18.0 Å². The second kappa shape index (κ2) is 8.22. The number of rotatable bonds is 5. The Morgan fingerprint density at radius 2 is 1.91 bits per heavy atom. The highest BCUT2D eigenvalue weighted by Crippen LogP contribution is 2.37. The second-order valence-electron chi connectivity index (χ2n) is 7.26. The first-order valence-corrected chi connectivity index (χ1v) is 8.31. The third kappa shape index (κ3) is 7.90. The second-order valence-corrected chi connectivity index (χ2v) is 7.26. The molecule has 3 atom stereocenters. The lowest BCUT2D eigenvalue weighted by Gasteiger charge is -2.32. The van der Waals surface area contributed by atoms with Crippen molar-refractivity contribution in [1.29, 1.82) is 0 Å². The maximum Gasteiger partial charge on any atom is 0.407 e. The van der Waals surface area contributed by atoms with Crippen molar-refractivity contribution in [3.05, 3.63) is 0 Å². The molecular formula is C16H29F3N2O2. The van der Waals surface area contributed by atoms with Crippen LogP contribution in [0.2, 0.25) is 0 Å². The van der Waals surface area contributed by atoms with Gasteiger partial charge in [-0.2, -0.15) is 13.2 Å². The van der Waals surface area contributed by atoms with Crippen molar-refractivity contribution >= 4 is 6.09 Å². The fourth-order valence-corrected chi connectivity index (χ4v) is 2.75. The van der Waals surface area contributed by atoms with E-state index in [4.69, 9.17) is 4.74 Å². The average Bonchev–Trinajstić information content (AvgIpc) is 2.40. The van der Waals surface area contributed by atoms with Gasteiger partial charge in [0.05, 0.1) is 5.92 Å². The number of carbonyl (C=O) groups excluding carboxylic acids is 1. The summed E-state index contributed by atoms with van der Waals surface area (Å²) in [6.45, 7) is 7.72. The summed E-state index contributed by atoms with van der Waals surface area (Å²) in [5.74, 6) is -1.22. The van der Waals surface area contributed by atoms with Gasteiger partial charge in [-0.25, -0.2) is 4.79 Å². The summed E-state index contributed by atoms with van der Waals surface area (Å²) in [7, 11) is 0. The van der Waals surface area contributed by atoms with Crippen molar-refractivity contribution in [3.63, 3.8) is 0 Å². The van der Waals surface area contributed by atoms with Crippen LogP contribution in [0.1, 0.15) is 59.8 Å². The van der Waals surface area contributed by atoms with E-state index in [2.05, 4.69) is 10.6 Å². The van der Waals surface area contributed by atoms with Crippen molar-refractivity contribution in [2.24, 2.45) is 5.92 Å². The number of carbonyl (C=O) groups is 1. The van der Waals surface area contributed by atoms with Gasteiger partial charge in [0.15, 0.2) is 0 Å². The van der Waals surface area contributed by atoms with E-state index in [0.717, 1.165) is 6.42 Å². The van der Waals surface area contributed by atoms with E-state index in [-0.39, 0.29) is 24.9 Å². The number of ether oxygens (including phenoxy) is 1. The minimum absolute atomic E-state index is 0.117. The molecule has 23 heavy (non-hydrogen) atoms. The van der Waals surface area contributed by atoms with Gasteiger partial charge in [0.25, 0.3) is 0 Å². The Morgan fingerprint density at radius 3 is 2.43 bits per heavy atom. The molecule has 1 aliphatic rings. The fraction of sp³-hybridized carbons (Fsp3) is 0.938. The third-order valence-electron chi connectivity index (χ3n) is 4.00. The Morgan fingerprint density at radius 1 is 1.26 bits per heavy atom. The van der Waals surface area contributed by atoms with Crippen LogP contribution in [0, 0.1) is 5.92 Å². The Kier molecular flexibility index (Phi) is 7.17. The van der Waals surface area contributed by atoms with Crippen LogP contribution in [0.4, 0.5) is 18.0 Å². The van der Waals surface area contributed by atoms with Gasteiger partial charge in [0.2, 0.25) is 0 Å². The van der Waals surface area contributed by atoms with Crippen LogP contribution in [-0.2, 0) is 4.74 Å². The zero-order chi connectivity index (χ0) is 17.7. The molecule has 0 saturated heterocycles. The molecule has 0 aromatic carbocycles. The molecule has 2 N–H and O–H groups in total. The molecule has 0 spiro atoms. The Balaban J connectivity index is 2.40. The number of alkyl halides is 3. The Bertz CT molecular complexity index is 381. The van der Waals surface area contributed by atoms with Crippen LogP contribution in [0.3, 0.4) is 0 Å². The predicted octanol–water partition coefficient (Wildman–Crippen LogP) is 4.00. The van der Waals surface area contributed by atoms with E-state index in [1.54, 1.807) is 20.8 Å². The molecule has 0 radical (unpaired) electrons. The number of nitrogens with one attached hydrogen (secondary N) is 2. The SMILES string of the molecule is CCC(CNC1CCCC(C(F)(F)F)C1)NC(=O)OC(C)(C)C. The summed E-state index contributed by atoms with van der Waals surface area (Å²) in [4.78, 5) is 11.8. The molecule has 1 fully saturated rings. The van der Waals surface area contributed by atoms with Gasteiger partial charge in [-0.15, -0.1) is 0 Å². The molecule has 0 aliphatic heterocycles. The first-order valence-electron chi connectivity index (χ1n) is 8.31. The molecule has 0 aromatic rings. The summed E-state index contributed by atoms with van der Waals surface area (Å²) < 4.78 is 43.6. The van der Waals surface area contributed by atoms with Crippen molar-refractivity contribution in [3.8, 4) is 0 Å². The Hall–Kier alpha value is -0.980. The number of halogens is 3. The van der Waals surface area contributed by atoms with Gasteiger partial charge < -0.3 is 15.4 Å². The first kappa shape index (κ1) is 20.1. The van der Waals surface area contributed by atoms with E-state index in [0.29, 0.717) is 19.4 Å². The van der Waals surface area contributed by atoms with E-state index < -0.39 is 23.8 Å². The van der Waals surface area contributed by atoms with Crippen molar-refractivity contribution in [1.82, 2.24) is 10.6 Å². The van der Waals surface area contributed by atoms with E-state index >= 15 is 0 Å². The molecule has 0 bridgehead atoms. The molecule has 3 unspecified atom stereocenters. The normalized spacial score (nSPS) is 24.1. The molecule has 0 heterocycles. The minimum atomic E-state index is -4.11. The lowest BCUT2D eigenvalue weighted by molar-refractivity contribution is -0.183. The van der Waals surface area contributed by atoms with Crippen molar-refractivity contribution < 1.29 is 22.7 Å². The molecule has 0 aromatic heterocycles. The molecule has 1 rings (SSSR count). The van der Waals surface area contributed by atoms with Gasteiger partial charge >= 0.3 is 12.3 Å². The topological polar surface area (TPSA) is 50.4 Å². The summed E-state index contributed by atoms with van der Waals surface area (Å²) in [5.41, 5.74) is -0.570. The zero-order valence-electron chi connectivity index (χ0n) is 14.4. The van der Waals surface area contributed by atoms with Crippen LogP contribution < -0.4 is 10.6 Å². The van der Waals surface area contributed by atoms with Crippen molar-refractivity contribution in [2.45, 2.75) is 83.7 Å². The summed E-state index contributed by atoms with van der Waals surface area (Å²) in [6.07, 6.45) is -2.27. The van der Waals surface area contributed by atoms with Gasteiger partial charge in [0.1, 0.15) is 5.60 Å². The fourth-order valence-electron chi connectivity index (χ4n) is 2.75. The third-order valence-corrected chi connectivity index (χ3v) is 4.00. The molecule has 1 saturated carbocycles. The van der Waals surface area contributed by atoms with Crippen molar-refractivity contribution in [2.75, 3.05) is 6.54 Å². The van der Waals surface area contributed by atoms with Crippen LogP contribution in [0.5, 0.6) is 0 Å². The molecular weight excluding hydrogens is 309 g/mol. The van der Waals surface area contributed by atoms with E-state index in [1.807, 2.05) is 6.92 Å². The van der Waals surface area contributed by atoms with Crippen LogP contribution in [0.15, 0.2) is 0 Å². The maximum atomic E-state index is 12.8. The highest BCUT2D eigenvalue weighted by molar-refractivity contribution is 5.68. The van der Waals surface area contributed by atoms with E-state index in [1.165, 1.54) is 0 Å². The maximum absolute atomic E-state index is 12.8. The molecule has 7 heteroatoms. The number of amides is 1. The monoisotopic (exact) mass is 338 g/mol. The molecule has 1 amide bonds. The zero-order valence-corrected chi connectivity index (χ0v) is 14.4. The Labute approximate surface area is 136 Å². The quantitative estimate of drug-likeness (QED) is 0.796. The number of hydrogen-bond donors (Lipinski definition) is 2. The summed E-state index contributed by atoms with van der Waals surface area (Å²) >= 11 is 0. The predicted molar refractivity (Wildman–Crippen MR) is 83.3 cm³/mol. The van der Waals surface area contributed by atoms with Gasteiger partial charge in [0, 0.05) is 18.6 Å². The molecule has 1 aliphatic carbocycles. The van der Waals surface area contributed by atoms with Crippen LogP contribution >= 0.6 is 0 Å².